The summed E-state index contributed by atoms with van der Waals surface area (Å²) in [7, 11) is 0. The molecule has 0 N–H and O–H groups in total. The molecule has 0 aromatic heterocycles. The highest BCUT2D eigenvalue weighted by Crippen LogP contribution is 2.40. The van der Waals surface area contributed by atoms with Crippen molar-refractivity contribution in [2.75, 3.05) is 11.5 Å². The van der Waals surface area contributed by atoms with Crippen LogP contribution in [-0.4, -0.2) is 11.5 Å². The summed E-state index contributed by atoms with van der Waals surface area (Å²) in [5, 5.41) is 0.822. The predicted octanol–water partition coefficient (Wildman–Crippen LogP) is 5.45. The molecule has 0 saturated heterocycles. The Balaban J connectivity index is 1.81. The lowest BCUT2D eigenvalue weighted by Gasteiger charge is -2.35. The molecule has 0 radical (unpaired) electrons. The maximum Gasteiger partial charge on any atom is 0.0406 e. The first kappa shape index (κ1) is 14.6. The van der Waals surface area contributed by atoms with E-state index in [4.69, 9.17) is 11.6 Å². The van der Waals surface area contributed by atoms with Gasteiger partial charge in [0.05, 0.1) is 0 Å². The van der Waals surface area contributed by atoms with Gasteiger partial charge in [-0.25, -0.2) is 0 Å². The minimum absolute atomic E-state index is 0.498. The fourth-order valence-corrected chi connectivity index (χ4v) is 4.68. The molecule has 1 aromatic carbocycles. The Morgan fingerprint density at radius 2 is 1.78 bits per heavy atom. The molecule has 3 heteroatoms. The largest absolute Gasteiger partial charge is 0.179 e. The molecular weight excluding hydrogens is 280 g/mol. The molecule has 0 aliphatic heterocycles. The van der Waals surface area contributed by atoms with Crippen molar-refractivity contribution in [1.29, 1.82) is 0 Å². The van der Waals surface area contributed by atoms with E-state index in [2.05, 4.69) is 36.5 Å². The molecule has 100 valence electrons. The second-order valence-corrected chi connectivity index (χ2v) is 7.08. The van der Waals surface area contributed by atoms with E-state index in [0.717, 1.165) is 16.5 Å². The van der Waals surface area contributed by atoms with Crippen molar-refractivity contribution in [3.63, 3.8) is 0 Å². The van der Waals surface area contributed by atoms with Gasteiger partial charge in [-0.1, -0.05) is 43.0 Å². The monoisotopic (exact) mass is 300 g/mol. The molecule has 18 heavy (non-hydrogen) atoms. The topological polar surface area (TPSA) is 0 Å². The summed E-state index contributed by atoms with van der Waals surface area (Å²) < 4.78 is 0. The van der Waals surface area contributed by atoms with Crippen LogP contribution in [0.1, 0.15) is 37.7 Å². The van der Waals surface area contributed by atoms with Crippen molar-refractivity contribution in [2.24, 2.45) is 5.41 Å². The van der Waals surface area contributed by atoms with Crippen molar-refractivity contribution in [2.45, 2.75) is 37.9 Å². The third kappa shape index (κ3) is 4.11. The first-order chi connectivity index (χ1) is 8.74. The highest BCUT2D eigenvalue weighted by molar-refractivity contribution is 7.98. The quantitative estimate of drug-likeness (QED) is 0.705. The van der Waals surface area contributed by atoms with Crippen LogP contribution in [-0.2, 0) is 5.75 Å². The molecule has 0 atom stereocenters. The molecule has 1 saturated carbocycles. The highest BCUT2D eigenvalue weighted by Gasteiger charge is 2.30. The maximum atomic E-state index is 5.90. The summed E-state index contributed by atoms with van der Waals surface area (Å²) >= 11 is 12.5. The number of benzene rings is 1. The number of thioether (sulfide) groups is 1. The molecule has 1 fully saturated rings. The summed E-state index contributed by atoms with van der Waals surface area (Å²) in [6, 6.07) is 8.21. The van der Waals surface area contributed by atoms with Gasteiger partial charge in [0.1, 0.15) is 0 Å². The van der Waals surface area contributed by atoms with Gasteiger partial charge >= 0.3 is 0 Å². The molecule has 0 heterocycles. The van der Waals surface area contributed by atoms with E-state index < -0.39 is 0 Å². The summed E-state index contributed by atoms with van der Waals surface area (Å²) in [5.74, 6) is 3.38. The standard InChI is InChI=1S/C15H21ClS2/c16-14-6-4-13(5-7-14)10-18-12-15(11-17)8-2-1-3-9-15/h4-7,17H,1-3,8-12H2. The zero-order valence-corrected chi connectivity index (χ0v) is 13.2. The van der Waals surface area contributed by atoms with Gasteiger partial charge in [0.2, 0.25) is 0 Å². The van der Waals surface area contributed by atoms with Crippen LogP contribution in [0.2, 0.25) is 5.02 Å². The van der Waals surface area contributed by atoms with Gasteiger partial charge in [0, 0.05) is 16.5 Å². The van der Waals surface area contributed by atoms with Gasteiger partial charge in [0.15, 0.2) is 0 Å². The Kier molecular flexibility index (Phi) is 5.78. The first-order valence-corrected chi connectivity index (χ1v) is 8.84. The lowest BCUT2D eigenvalue weighted by Crippen LogP contribution is -2.28. The van der Waals surface area contributed by atoms with Crippen LogP contribution in [0.4, 0.5) is 0 Å². The van der Waals surface area contributed by atoms with E-state index in [9.17, 15) is 0 Å². The van der Waals surface area contributed by atoms with E-state index in [-0.39, 0.29) is 0 Å². The minimum Gasteiger partial charge on any atom is -0.179 e. The molecule has 1 aromatic rings. The van der Waals surface area contributed by atoms with Crippen molar-refractivity contribution in [3.8, 4) is 0 Å². The third-order valence-corrected chi connectivity index (χ3v) is 6.12. The average Bonchev–Trinajstić information content (AvgIpc) is 2.42. The van der Waals surface area contributed by atoms with Crippen LogP contribution in [0, 0.1) is 5.41 Å². The maximum absolute atomic E-state index is 5.90. The second-order valence-electron chi connectivity index (χ2n) is 5.34. The average molecular weight is 301 g/mol. The number of hydrogen-bond donors (Lipinski definition) is 1. The molecule has 2 rings (SSSR count). The molecule has 0 amide bonds. The fourth-order valence-electron chi connectivity index (χ4n) is 2.62. The second kappa shape index (κ2) is 7.12. The van der Waals surface area contributed by atoms with Crippen LogP contribution in [0.25, 0.3) is 0 Å². The fraction of sp³-hybridized carbons (Fsp3) is 0.600. The van der Waals surface area contributed by atoms with Crippen molar-refractivity contribution in [3.05, 3.63) is 34.9 Å². The summed E-state index contributed by atoms with van der Waals surface area (Å²) in [6.07, 6.45) is 6.93. The number of halogens is 1. The molecule has 1 aliphatic carbocycles. The third-order valence-electron chi connectivity index (χ3n) is 3.84. The van der Waals surface area contributed by atoms with Gasteiger partial charge in [-0.05, 0) is 41.7 Å². The van der Waals surface area contributed by atoms with Crippen LogP contribution in [0.15, 0.2) is 24.3 Å². The molecule has 1 aliphatic rings. The van der Waals surface area contributed by atoms with Crippen molar-refractivity contribution in [1.82, 2.24) is 0 Å². The van der Waals surface area contributed by atoms with Gasteiger partial charge in [-0.2, -0.15) is 24.4 Å². The van der Waals surface area contributed by atoms with Crippen LogP contribution in [0.3, 0.4) is 0 Å². The first-order valence-electron chi connectivity index (χ1n) is 6.67. The molecular formula is C15H21ClS2. The molecule has 0 unspecified atom stereocenters. The zero-order valence-electron chi connectivity index (χ0n) is 10.7. The van der Waals surface area contributed by atoms with E-state index in [1.165, 1.54) is 43.4 Å². The smallest absolute Gasteiger partial charge is 0.0406 e. The molecule has 0 bridgehead atoms. The highest BCUT2D eigenvalue weighted by atomic mass is 35.5. The number of thiol groups is 1. The van der Waals surface area contributed by atoms with Crippen LogP contribution >= 0.6 is 36.0 Å². The van der Waals surface area contributed by atoms with Gasteiger partial charge < -0.3 is 0 Å². The van der Waals surface area contributed by atoms with E-state index in [0.29, 0.717) is 5.41 Å². The van der Waals surface area contributed by atoms with E-state index >= 15 is 0 Å². The summed E-state index contributed by atoms with van der Waals surface area (Å²) in [4.78, 5) is 0. The van der Waals surface area contributed by atoms with E-state index in [1.807, 2.05) is 12.1 Å². The van der Waals surface area contributed by atoms with Crippen molar-refractivity contribution >= 4 is 36.0 Å². The van der Waals surface area contributed by atoms with Crippen LogP contribution in [0.5, 0.6) is 0 Å². The lowest BCUT2D eigenvalue weighted by atomic mass is 9.77. The number of hydrogen-bond acceptors (Lipinski definition) is 2. The SMILES string of the molecule is SCC1(CSCc2ccc(Cl)cc2)CCCCC1. The summed E-state index contributed by atoms with van der Waals surface area (Å²) in [5.41, 5.74) is 1.87. The lowest BCUT2D eigenvalue weighted by molar-refractivity contribution is 0.259. The minimum atomic E-state index is 0.498. The number of rotatable bonds is 5. The van der Waals surface area contributed by atoms with E-state index in [1.54, 1.807) is 0 Å². The normalized spacial score (nSPS) is 18.8. The Morgan fingerprint density at radius 3 is 2.39 bits per heavy atom. The van der Waals surface area contributed by atoms with Gasteiger partial charge in [-0.15, -0.1) is 0 Å². The van der Waals surface area contributed by atoms with Crippen molar-refractivity contribution < 1.29 is 0 Å². The van der Waals surface area contributed by atoms with Gasteiger partial charge in [0.25, 0.3) is 0 Å². The predicted molar refractivity (Wildman–Crippen MR) is 87.0 cm³/mol. The Hall–Kier alpha value is 0.210. The zero-order chi connectivity index (χ0) is 12.8. The molecule has 0 nitrogen and oxygen atoms in total. The van der Waals surface area contributed by atoms with Crippen LogP contribution < -0.4 is 0 Å². The Morgan fingerprint density at radius 1 is 1.11 bits per heavy atom. The Bertz CT molecular complexity index is 355. The molecule has 0 spiro atoms. The summed E-state index contributed by atoms with van der Waals surface area (Å²) in [6.45, 7) is 0. The Labute approximate surface area is 125 Å². The van der Waals surface area contributed by atoms with Gasteiger partial charge in [-0.3, -0.25) is 0 Å².